The maximum absolute atomic E-state index is 13.6. The Morgan fingerprint density at radius 3 is 2.67 bits per heavy atom. The third-order valence-corrected chi connectivity index (χ3v) is 2.99. The van der Waals surface area contributed by atoms with Crippen LogP contribution in [0.25, 0.3) is 0 Å². The van der Waals surface area contributed by atoms with E-state index in [1.54, 1.807) is 19.1 Å². The van der Waals surface area contributed by atoms with Crippen molar-refractivity contribution >= 4 is 0 Å². The number of aryl methyl sites for hydroxylation is 1. The van der Waals surface area contributed by atoms with Gasteiger partial charge in [0.15, 0.2) is 11.6 Å². The molecule has 0 radical (unpaired) electrons. The van der Waals surface area contributed by atoms with Crippen molar-refractivity contribution in [3.05, 3.63) is 34.9 Å². The van der Waals surface area contributed by atoms with Gasteiger partial charge in [-0.3, -0.25) is 0 Å². The van der Waals surface area contributed by atoms with E-state index in [9.17, 15) is 8.78 Å². The van der Waals surface area contributed by atoms with Crippen LogP contribution in [0.3, 0.4) is 0 Å². The molecule has 0 aromatic heterocycles. The van der Waals surface area contributed by atoms with Crippen LogP contribution in [0.4, 0.5) is 8.78 Å². The molecule has 0 unspecified atom stereocenters. The average Bonchev–Trinajstić information content (AvgIpc) is 2.27. The van der Waals surface area contributed by atoms with Crippen molar-refractivity contribution in [1.29, 1.82) is 0 Å². The first-order chi connectivity index (χ1) is 7.20. The summed E-state index contributed by atoms with van der Waals surface area (Å²) in [6.07, 6.45) is 3.08. The summed E-state index contributed by atoms with van der Waals surface area (Å²) in [5.41, 5.74) is 0.838. The molecule has 3 heteroatoms. The molecule has 15 heavy (non-hydrogen) atoms. The highest BCUT2D eigenvalue weighted by atomic mass is 19.2. The van der Waals surface area contributed by atoms with Crippen LogP contribution in [0.15, 0.2) is 12.1 Å². The van der Waals surface area contributed by atoms with Gasteiger partial charge in [-0.05, 0) is 31.9 Å². The van der Waals surface area contributed by atoms with Crippen LogP contribution in [0, 0.1) is 18.6 Å². The van der Waals surface area contributed by atoms with E-state index < -0.39 is 11.6 Å². The molecule has 0 spiro atoms. The Hall–Kier alpha value is -0.960. The minimum atomic E-state index is -0.708. The smallest absolute Gasteiger partial charge is 0.163 e. The summed E-state index contributed by atoms with van der Waals surface area (Å²) in [7, 11) is 0. The summed E-state index contributed by atoms with van der Waals surface area (Å²) in [5.74, 6) is -1.39. The Morgan fingerprint density at radius 1 is 1.20 bits per heavy atom. The molecule has 1 heterocycles. The van der Waals surface area contributed by atoms with Gasteiger partial charge in [0.1, 0.15) is 0 Å². The van der Waals surface area contributed by atoms with E-state index in [0.29, 0.717) is 11.1 Å². The number of benzene rings is 1. The molecule has 0 aliphatic carbocycles. The third kappa shape index (κ3) is 2.02. The molecule has 82 valence electrons. The van der Waals surface area contributed by atoms with E-state index >= 15 is 0 Å². The van der Waals surface area contributed by atoms with Gasteiger partial charge in [0.05, 0.1) is 0 Å². The summed E-state index contributed by atoms with van der Waals surface area (Å²) in [5, 5.41) is 3.22. The fourth-order valence-corrected chi connectivity index (χ4v) is 2.05. The lowest BCUT2D eigenvalue weighted by atomic mass is 9.96. The highest BCUT2D eigenvalue weighted by molar-refractivity contribution is 5.28. The van der Waals surface area contributed by atoms with Crippen molar-refractivity contribution in [2.24, 2.45) is 0 Å². The van der Waals surface area contributed by atoms with Crippen LogP contribution in [0.1, 0.15) is 36.4 Å². The zero-order valence-corrected chi connectivity index (χ0v) is 8.82. The molecular weight excluding hydrogens is 196 g/mol. The second kappa shape index (κ2) is 4.27. The van der Waals surface area contributed by atoms with Gasteiger partial charge in [0, 0.05) is 11.6 Å². The molecule has 0 amide bonds. The van der Waals surface area contributed by atoms with E-state index in [1.165, 1.54) is 0 Å². The molecule has 1 N–H and O–H groups in total. The summed E-state index contributed by atoms with van der Waals surface area (Å²) in [6.45, 7) is 2.47. The monoisotopic (exact) mass is 211 g/mol. The highest BCUT2D eigenvalue weighted by Gasteiger charge is 2.20. The van der Waals surface area contributed by atoms with Gasteiger partial charge in [0.2, 0.25) is 0 Å². The van der Waals surface area contributed by atoms with Crippen LogP contribution in [0.2, 0.25) is 0 Å². The lowest BCUT2D eigenvalue weighted by Gasteiger charge is -2.24. The first-order valence-corrected chi connectivity index (χ1v) is 5.38. The lowest BCUT2D eigenvalue weighted by molar-refractivity contribution is 0.390. The number of hydrogen-bond acceptors (Lipinski definition) is 1. The number of hydrogen-bond donors (Lipinski definition) is 1. The van der Waals surface area contributed by atoms with Gasteiger partial charge < -0.3 is 5.32 Å². The topological polar surface area (TPSA) is 12.0 Å². The second-order valence-electron chi connectivity index (χ2n) is 4.10. The van der Waals surface area contributed by atoms with Gasteiger partial charge in [-0.2, -0.15) is 0 Å². The minimum absolute atomic E-state index is 0.0196. The molecule has 0 saturated carbocycles. The van der Waals surface area contributed by atoms with Crippen molar-refractivity contribution in [3.8, 4) is 0 Å². The Morgan fingerprint density at radius 2 is 2.00 bits per heavy atom. The molecule has 1 nitrogen and oxygen atoms in total. The van der Waals surface area contributed by atoms with Crippen LogP contribution >= 0.6 is 0 Å². The van der Waals surface area contributed by atoms with E-state index in [0.717, 1.165) is 25.8 Å². The number of piperidine rings is 1. The molecule has 0 bridgehead atoms. The first-order valence-electron chi connectivity index (χ1n) is 5.38. The Bertz CT molecular complexity index is 357. The maximum Gasteiger partial charge on any atom is 0.163 e. The second-order valence-corrected chi connectivity index (χ2v) is 4.10. The zero-order valence-electron chi connectivity index (χ0n) is 8.82. The van der Waals surface area contributed by atoms with Crippen LogP contribution in [-0.2, 0) is 0 Å². The minimum Gasteiger partial charge on any atom is -0.310 e. The van der Waals surface area contributed by atoms with E-state index in [2.05, 4.69) is 5.32 Å². The average molecular weight is 211 g/mol. The number of halogens is 2. The van der Waals surface area contributed by atoms with Gasteiger partial charge in [-0.1, -0.05) is 18.6 Å². The van der Waals surface area contributed by atoms with Crippen molar-refractivity contribution in [2.75, 3.05) is 6.54 Å². The predicted octanol–water partition coefficient (Wildman–Crippen LogP) is 3.09. The van der Waals surface area contributed by atoms with E-state index in [1.807, 2.05) is 0 Å². The zero-order chi connectivity index (χ0) is 10.8. The van der Waals surface area contributed by atoms with Crippen molar-refractivity contribution in [3.63, 3.8) is 0 Å². The fourth-order valence-electron chi connectivity index (χ4n) is 2.05. The molecular formula is C12H15F2N. The van der Waals surface area contributed by atoms with Crippen molar-refractivity contribution in [2.45, 2.75) is 32.2 Å². The Labute approximate surface area is 88.5 Å². The van der Waals surface area contributed by atoms with Gasteiger partial charge in [0.25, 0.3) is 0 Å². The summed E-state index contributed by atoms with van der Waals surface area (Å²) in [4.78, 5) is 0. The molecule has 1 saturated heterocycles. The van der Waals surface area contributed by atoms with Gasteiger partial charge in [-0.25, -0.2) is 8.78 Å². The molecule has 1 atom stereocenters. The molecule has 1 aliphatic heterocycles. The Balaban J connectivity index is 2.31. The van der Waals surface area contributed by atoms with Gasteiger partial charge >= 0.3 is 0 Å². The lowest BCUT2D eigenvalue weighted by Crippen LogP contribution is -2.27. The first kappa shape index (κ1) is 10.6. The van der Waals surface area contributed by atoms with Crippen LogP contribution < -0.4 is 5.32 Å². The molecule has 1 aromatic carbocycles. The summed E-state index contributed by atoms with van der Waals surface area (Å²) < 4.78 is 27.0. The largest absolute Gasteiger partial charge is 0.310 e. The molecule has 1 aliphatic rings. The normalized spacial score (nSPS) is 21.7. The predicted molar refractivity (Wildman–Crippen MR) is 55.7 cm³/mol. The van der Waals surface area contributed by atoms with Crippen LogP contribution in [0.5, 0.6) is 0 Å². The quantitative estimate of drug-likeness (QED) is 0.752. The van der Waals surface area contributed by atoms with Gasteiger partial charge in [-0.15, -0.1) is 0 Å². The van der Waals surface area contributed by atoms with E-state index in [4.69, 9.17) is 0 Å². The fraction of sp³-hybridized carbons (Fsp3) is 0.500. The third-order valence-electron chi connectivity index (χ3n) is 2.99. The highest BCUT2D eigenvalue weighted by Crippen LogP contribution is 2.27. The van der Waals surface area contributed by atoms with Crippen LogP contribution in [-0.4, -0.2) is 6.54 Å². The summed E-state index contributed by atoms with van der Waals surface area (Å²) >= 11 is 0. The molecule has 2 rings (SSSR count). The van der Waals surface area contributed by atoms with Crippen molar-refractivity contribution in [1.82, 2.24) is 5.32 Å². The summed E-state index contributed by atoms with van der Waals surface area (Å²) in [6, 6.07) is 3.31. The maximum atomic E-state index is 13.6. The SMILES string of the molecule is Cc1ccc([C@H]2CCCCN2)c(F)c1F. The number of nitrogens with one attached hydrogen (secondary N) is 1. The molecule has 1 aromatic rings. The number of rotatable bonds is 1. The standard InChI is InChI=1S/C12H15F2N/c1-8-5-6-9(12(14)11(8)13)10-4-2-3-7-15-10/h5-6,10,15H,2-4,7H2,1H3/t10-/m1/s1. The Kier molecular flexibility index (Phi) is 3.00. The van der Waals surface area contributed by atoms with E-state index in [-0.39, 0.29) is 6.04 Å². The van der Waals surface area contributed by atoms with Crippen molar-refractivity contribution < 1.29 is 8.78 Å². The molecule has 1 fully saturated rings.